The molecule has 0 aliphatic heterocycles. The number of nitrogens with one attached hydrogen (secondary N) is 3. The van der Waals surface area contributed by atoms with Gasteiger partial charge in [0.1, 0.15) is 0 Å². The van der Waals surface area contributed by atoms with Crippen molar-refractivity contribution >= 4 is 39.4 Å². The summed E-state index contributed by atoms with van der Waals surface area (Å²) in [5.74, 6) is -0.133. The van der Waals surface area contributed by atoms with E-state index in [0.29, 0.717) is 12.2 Å². The van der Waals surface area contributed by atoms with Crippen LogP contribution in [0.25, 0.3) is 10.9 Å². The monoisotopic (exact) mass is 372 g/mol. The highest BCUT2D eigenvalue weighted by atomic mass is 127. The fraction of sp³-hybridized carbons (Fsp3) is 0.385. The lowest BCUT2D eigenvalue weighted by atomic mass is 10.2. The summed E-state index contributed by atoms with van der Waals surface area (Å²) >= 11 is 2.23. The number of H-pyrrole nitrogens is 1. The molecular formula is C13H17IN4O. The molecule has 19 heavy (non-hydrogen) atoms. The summed E-state index contributed by atoms with van der Waals surface area (Å²) in [7, 11) is 0. The molecule has 1 aromatic carbocycles. The molecule has 1 heterocycles. The summed E-state index contributed by atoms with van der Waals surface area (Å²) in [5, 5.41) is 13.9. The van der Waals surface area contributed by atoms with Gasteiger partial charge in [0.2, 0.25) is 0 Å². The molecule has 0 fully saturated rings. The van der Waals surface area contributed by atoms with Crippen LogP contribution in [0.1, 0.15) is 23.8 Å². The van der Waals surface area contributed by atoms with Gasteiger partial charge in [-0.3, -0.25) is 9.89 Å². The number of hydrogen-bond acceptors (Lipinski definition) is 3. The average molecular weight is 372 g/mol. The Bertz CT molecular complexity index is 567. The van der Waals surface area contributed by atoms with E-state index in [0.717, 1.165) is 34.0 Å². The molecule has 2 rings (SSSR count). The van der Waals surface area contributed by atoms with E-state index in [9.17, 15) is 4.79 Å². The highest BCUT2D eigenvalue weighted by molar-refractivity contribution is 14.1. The van der Waals surface area contributed by atoms with E-state index in [1.807, 2.05) is 18.2 Å². The maximum Gasteiger partial charge on any atom is 0.272 e. The third-order valence-corrected chi connectivity index (χ3v) is 3.43. The molecule has 1 aromatic heterocycles. The van der Waals surface area contributed by atoms with Gasteiger partial charge in [0.15, 0.2) is 5.69 Å². The maximum absolute atomic E-state index is 12.0. The lowest BCUT2D eigenvalue weighted by Gasteiger charge is -2.04. The van der Waals surface area contributed by atoms with Crippen molar-refractivity contribution in [3.05, 3.63) is 27.5 Å². The number of carbonyl (C=O) groups is 1. The van der Waals surface area contributed by atoms with Crippen molar-refractivity contribution in [2.24, 2.45) is 0 Å². The van der Waals surface area contributed by atoms with Crippen molar-refractivity contribution in [3.8, 4) is 0 Å². The van der Waals surface area contributed by atoms with E-state index in [1.54, 1.807) is 0 Å². The first-order chi connectivity index (χ1) is 9.22. The van der Waals surface area contributed by atoms with E-state index in [1.165, 1.54) is 0 Å². The highest BCUT2D eigenvalue weighted by Crippen LogP contribution is 2.18. The molecule has 0 aliphatic carbocycles. The normalized spacial score (nSPS) is 10.8. The zero-order valence-electron chi connectivity index (χ0n) is 10.8. The van der Waals surface area contributed by atoms with Crippen LogP contribution >= 0.6 is 22.6 Å². The summed E-state index contributed by atoms with van der Waals surface area (Å²) in [6.07, 6.45) is 1.09. The van der Waals surface area contributed by atoms with Crippen LogP contribution in [-0.2, 0) is 0 Å². The van der Waals surface area contributed by atoms with Crippen LogP contribution in [0, 0.1) is 3.57 Å². The van der Waals surface area contributed by atoms with Crippen LogP contribution in [-0.4, -0.2) is 35.7 Å². The standard InChI is InChI=1S/C13H17IN4O/c1-2-5-15-6-7-16-13(19)12-10-8-9(14)3-4-11(10)17-18-12/h3-4,8,15H,2,5-7H2,1H3,(H,16,19)(H,17,18). The zero-order chi connectivity index (χ0) is 13.7. The van der Waals surface area contributed by atoms with Crippen LogP contribution in [0.3, 0.4) is 0 Å². The van der Waals surface area contributed by atoms with Gasteiger partial charge >= 0.3 is 0 Å². The van der Waals surface area contributed by atoms with Gasteiger partial charge < -0.3 is 10.6 Å². The molecule has 2 aromatic rings. The van der Waals surface area contributed by atoms with Gasteiger partial charge in [-0.05, 0) is 53.8 Å². The lowest BCUT2D eigenvalue weighted by molar-refractivity contribution is 0.0950. The number of hydrogen-bond donors (Lipinski definition) is 3. The fourth-order valence-corrected chi connectivity index (χ4v) is 2.30. The van der Waals surface area contributed by atoms with Gasteiger partial charge in [0, 0.05) is 22.0 Å². The summed E-state index contributed by atoms with van der Waals surface area (Å²) in [5.41, 5.74) is 1.35. The molecule has 0 bridgehead atoms. The third kappa shape index (κ3) is 3.66. The second-order valence-electron chi connectivity index (χ2n) is 4.27. The molecule has 5 nitrogen and oxygen atoms in total. The van der Waals surface area contributed by atoms with Crippen molar-refractivity contribution in [2.45, 2.75) is 13.3 Å². The number of aromatic nitrogens is 2. The van der Waals surface area contributed by atoms with Gasteiger partial charge in [-0.1, -0.05) is 6.92 Å². The summed E-state index contributed by atoms with van der Waals surface area (Å²) in [6.45, 7) is 4.47. The minimum absolute atomic E-state index is 0.133. The number of aromatic amines is 1. The number of amides is 1. The molecule has 1 amide bonds. The Morgan fingerprint density at radius 2 is 2.21 bits per heavy atom. The predicted molar refractivity (Wildman–Crippen MR) is 84.3 cm³/mol. The Labute approximate surface area is 125 Å². The Morgan fingerprint density at radius 1 is 1.37 bits per heavy atom. The molecule has 0 unspecified atom stereocenters. The number of carbonyl (C=O) groups excluding carboxylic acids is 1. The van der Waals surface area contributed by atoms with Gasteiger partial charge in [-0.25, -0.2) is 0 Å². The topological polar surface area (TPSA) is 69.8 Å². The first kappa shape index (κ1) is 14.3. The van der Waals surface area contributed by atoms with Crippen molar-refractivity contribution < 1.29 is 4.79 Å². The molecule has 0 saturated carbocycles. The molecule has 0 radical (unpaired) electrons. The van der Waals surface area contributed by atoms with Gasteiger partial charge in [0.25, 0.3) is 5.91 Å². The molecule has 0 atom stereocenters. The lowest BCUT2D eigenvalue weighted by Crippen LogP contribution is -2.32. The van der Waals surface area contributed by atoms with E-state index >= 15 is 0 Å². The second-order valence-corrected chi connectivity index (χ2v) is 5.51. The summed E-state index contributed by atoms with van der Waals surface area (Å²) in [6, 6.07) is 5.88. The van der Waals surface area contributed by atoms with Crippen molar-refractivity contribution in [2.75, 3.05) is 19.6 Å². The number of halogens is 1. The third-order valence-electron chi connectivity index (χ3n) is 2.75. The largest absolute Gasteiger partial charge is 0.349 e. The van der Waals surface area contributed by atoms with Crippen molar-refractivity contribution in [1.29, 1.82) is 0 Å². The second kappa shape index (κ2) is 6.85. The van der Waals surface area contributed by atoms with Crippen molar-refractivity contribution in [1.82, 2.24) is 20.8 Å². The van der Waals surface area contributed by atoms with E-state index in [2.05, 4.69) is 50.3 Å². The molecule has 3 N–H and O–H groups in total. The van der Waals surface area contributed by atoms with Crippen molar-refractivity contribution in [3.63, 3.8) is 0 Å². The fourth-order valence-electron chi connectivity index (χ4n) is 1.81. The molecule has 0 aliphatic rings. The predicted octanol–water partition coefficient (Wildman–Crippen LogP) is 1.90. The van der Waals surface area contributed by atoms with Gasteiger partial charge in [-0.2, -0.15) is 5.10 Å². The molecule has 0 spiro atoms. The molecular weight excluding hydrogens is 355 g/mol. The van der Waals surface area contributed by atoms with E-state index < -0.39 is 0 Å². The zero-order valence-corrected chi connectivity index (χ0v) is 13.0. The Morgan fingerprint density at radius 3 is 3.00 bits per heavy atom. The highest BCUT2D eigenvalue weighted by Gasteiger charge is 2.13. The van der Waals surface area contributed by atoms with Crippen LogP contribution in [0.15, 0.2) is 18.2 Å². The van der Waals surface area contributed by atoms with Crippen LogP contribution in [0.4, 0.5) is 0 Å². The van der Waals surface area contributed by atoms with Gasteiger partial charge in [0.05, 0.1) is 5.52 Å². The number of nitrogens with zero attached hydrogens (tertiary/aromatic N) is 1. The smallest absolute Gasteiger partial charge is 0.272 e. The Kier molecular flexibility index (Phi) is 5.15. The molecule has 0 saturated heterocycles. The Hall–Kier alpha value is -1.15. The average Bonchev–Trinajstić information content (AvgIpc) is 2.81. The van der Waals surface area contributed by atoms with E-state index in [4.69, 9.17) is 0 Å². The van der Waals surface area contributed by atoms with Crippen LogP contribution in [0.2, 0.25) is 0 Å². The van der Waals surface area contributed by atoms with E-state index in [-0.39, 0.29) is 5.91 Å². The number of benzene rings is 1. The summed E-state index contributed by atoms with van der Waals surface area (Å²) in [4.78, 5) is 12.0. The minimum Gasteiger partial charge on any atom is -0.349 e. The maximum atomic E-state index is 12.0. The minimum atomic E-state index is -0.133. The SMILES string of the molecule is CCCNCCNC(=O)c1n[nH]c2ccc(I)cc12. The molecule has 102 valence electrons. The van der Waals surface area contributed by atoms with Crippen LogP contribution in [0.5, 0.6) is 0 Å². The number of fused-ring (bicyclic) bond motifs is 1. The first-order valence-corrected chi connectivity index (χ1v) is 7.42. The first-order valence-electron chi connectivity index (χ1n) is 6.35. The van der Waals surface area contributed by atoms with Gasteiger partial charge in [-0.15, -0.1) is 0 Å². The molecule has 6 heteroatoms. The number of rotatable bonds is 6. The van der Waals surface area contributed by atoms with Crippen LogP contribution < -0.4 is 10.6 Å². The summed E-state index contributed by atoms with van der Waals surface area (Å²) < 4.78 is 1.09. The Balaban J connectivity index is 1.99. The quantitative estimate of drug-likeness (QED) is 0.536.